The minimum absolute atomic E-state index is 0.110. The van der Waals surface area contributed by atoms with Crippen LogP contribution in [0.2, 0.25) is 0 Å². The highest BCUT2D eigenvalue weighted by Gasteiger charge is 2.27. The lowest BCUT2D eigenvalue weighted by Crippen LogP contribution is -2.34. The van der Waals surface area contributed by atoms with E-state index in [0.29, 0.717) is 16.9 Å². The van der Waals surface area contributed by atoms with Gasteiger partial charge in [-0.05, 0) is 67.2 Å². The predicted molar refractivity (Wildman–Crippen MR) is 125 cm³/mol. The highest BCUT2D eigenvalue weighted by atomic mass is 32.1. The molecule has 0 unspecified atom stereocenters. The summed E-state index contributed by atoms with van der Waals surface area (Å²) in [6.07, 6.45) is 4.97. The third-order valence-electron chi connectivity index (χ3n) is 5.67. The second-order valence-corrected chi connectivity index (χ2v) is 8.17. The maximum absolute atomic E-state index is 12.5. The summed E-state index contributed by atoms with van der Waals surface area (Å²) in [5, 5.41) is 15.9. The van der Waals surface area contributed by atoms with E-state index < -0.39 is 0 Å². The van der Waals surface area contributed by atoms with Crippen LogP contribution in [0.3, 0.4) is 0 Å². The van der Waals surface area contributed by atoms with E-state index in [1.54, 1.807) is 24.3 Å². The summed E-state index contributed by atoms with van der Waals surface area (Å²) in [6, 6.07) is 15.1. The number of carbonyl (C=O) groups excluding carboxylic acids is 1. The van der Waals surface area contributed by atoms with Crippen LogP contribution in [0.25, 0.3) is 11.3 Å². The molecule has 2 N–H and O–H groups in total. The van der Waals surface area contributed by atoms with E-state index in [9.17, 15) is 10.1 Å². The SMILES string of the molecule is C[C@@H]1CCCc2c1nc(NC(=S)NC(=O)c1ccccc1)c(C#N)c2-c1cccn1C. The number of nitriles is 1. The van der Waals surface area contributed by atoms with E-state index >= 15 is 0 Å². The van der Waals surface area contributed by atoms with Gasteiger partial charge in [-0.25, -0.2) is 4.98 Å². The van der Waals surface area contributed by atoms with Gasteiger partial charge in [-0.2, -0.15) is 5.26 Å². The molecule has 2 aromatic heterocycles. The first kappa shape index (κ1) is 20.8. The highest BCUT2D eigenvalue weighted by molar-refractivity contribution is 7.80. The van der Waals surface area contributed by atoms with Crippen molar-refractivity contribution in [1.29, 1.82) is 5.26 Å². The molecule has 0 saturated carbocycles. The van der Waals surface area contributed by atoms with Crippen molar-refractivity contribution in [2.75, 3.05) is 5.32 Å². The maximum atomic E-state index is 12.5. The van der Waals surface area contributed by atoms with Gasteiger partial charge in [0.15, 0.2) is 10.9 Å². The van der Waals surface area contributed by atoms with Crippen LogP contribution in [-0.2, 0) is 13.5 Å². The Kier molecular flexibility index (Phi) is 5.83. The second-order valence-electron chi connectivity index (χ2n) is 7.76. The van der Waals surface area contributed by atoms with Crippen molar-refractivity contribution in [3.8, 4) is 17.3 Å². The minimum Gasteiger partial charge on any atom is -0.351 e. The van der Waals surface area contributed by atoms with Crippen LogP contribution >= 0.6 is 12.2 Å². The van der Waals surface area contributed by atoms with Gasteiger partial charge in [-0.15, -0.1) is 0 Å². The van der Waals surface area contributed by atoms with E-state index in [2.05, 4.69) is 23.6 Å². The topological polar surface area (TPSA) is 82.7 Å². The molecule has 2 heterocycles. The number of aromatic nitrogens is 2. The largest absolute Gasteiger partial charge is 0.351 e. The molecule has 7 heteroatoms. The third kappa shape index (κ3) is 4.07. The molecule has 1 aliphatic rings. The molecule has 3 aromatic rings. The summed E-state index contributed by atoms with van der Waals surface area (Å²) >= 11 is 5.38. The van der Waals surface area contributed by atoms with E-state index in [1.165, 1.54) is 0 Å². The number of hydrogen-bond donors (Lipinski definition) is 2. The smallest absolute Gasteiger partial charge is 0.257 e. The molecule has 1 aliphatic carbocycles. The summed E-state index contributed by atoms with van der Waals surface area (Å²) in [6.45, 7) is 2.16. The summed E-state index contributed by atoms with van der Waals surface area (Å²) in [5.74, 6) is 0.346. The quantitative estimate of drug-likeness (QED) is 0.598. The number of aryl methyl sites for hydroxylation is 1. The van der Waals surface area contributed by atoms with Gasteiger partial charge >= 0.3 is 0 Å². The Hall–Kier alpha value is -3.50. The van der Waals surface area contributed by atoms with Crippen molar-refractivity contribution in [3.63, 3.8) is 0 Å². The molecule has 1 aromatic carbocycles. The summed E-state index contributed by atoms with van der Waals surface area (Å²) < 4.78 is 2.01. The van der Waals surface area contributed by atoms with Crippen LogP contribution in [0.15, 0.2) is 48.7 Å². The van der Waals surface area contributed by atoms with Crippen LogP contribution in [0.4, 0.5) is 5.82 Å². The van der Waals surface area contributed by atoms with E-state index in [-0.39, 0.29) is 16.9 Å². The van der Waals surface area contributed by atoms with Crippen molar-refractivity contribution < 1.29 is 4.79 Å². The van der Waals surface area contributed by atoms with Crippen molar-refractivity contribution in [3.05, 3.63) is 71.0 Å². The molecular weight excluding hydrogens is 406 g/mol. The molecule has 156 valence electrons. The van der Waals surface area contributed by atoms with Gasteiger partial charge in [0.25, 0.3) is 5.91 Å². The van der Waals surface area contributed by atoms with Gasteiger partial charge in [-0.3, -0.25) is 10.1 Å². The molecule has 0 spiro atoms. The summed E-state index contributed by atoms with van der Waals surface area (Å²) in [7, 11) is 1.97. The average molecular weight is 430 g/mol. The van der Waals surface area contributed by atoms with E-state index in [1.807, 2.05) is 36.0 Å². The van der Waals surface area contributed by atoms with E-state index in [0.717, 1.165) is 41.8 Å². The van der Waals surface area contributed by atoms with Gasteiger partial charge in [0.1, 0.15) is 11.6 Å². The number of amides is 1. The average Bonchev–Trinajstić information content (AvgIpc) is 3.19. The fraction of sp³-hybridized carbons (Fsp3) is 0.250. The fourth-order valence-corrected chi connectivity index (χ4v) is 4.32. The minimum atomic E-state index is -0.314. The lowest BCUT2D eigenvalue weighted by molar-refractivity contribution is 0.0977. The number of pyridine rings is 1. The van der Waals surface area contributed by atoms with Crippen molar-refractivity contribution in [2.45, 2.75) is 32.1 Å². The molecule has 1 atom stereocenters. The predicted octanol–water partition coefficient (Wildman–Crippen LogP) is 4.53. The molecule has 6 nitrogen and oxygen atoms in total. The lowest BCUT2D eigenvalue weighted by Gasteiger charge is -2.26. The lowest BCUT2D eigenvalue weighted by atomic mass is 9.83. The number of thiocarbonyl (C=S) groups is 1. The highest BCUT2D eigenvalue weighted by Crippen LogP contribution is 2.40. The zero-order valence-electron chi connectivity index (χ0n) is 17.5. The Morgan fingerprint density at radius 1 is 1.26 bits per heavy atom. The number of carbonyl (C=O) groups is 1. The molecule has 31 heavy (non-hydrogen) atoms. The van der Waals surface area contributed by atoms with Crippen LogP contribution in [0.5, 0.6) is 0 Å². The van der Waals surface area contributed by atoms with Crippen molar-refractivity contribution in [2.24, 2.45) is 7.05 Å². The van der Waals surface area contributed by atoms with Crippen LogP contribution in [-0.4, -0.2) is 20.6 Å². The van der Waals surface area contributed by atoms with Crippen molar-refractivity contribution >= 4 is 29.1 Å². The Morgan fingerprint density at radius 2 is 2.03 bits per heavy atom. The molecule has 0 radical (unpaired) electrons. The molecule has 0 bridgehead atoms. The molecule has 0 saturated heterocycles. The summed E-state index contributed by atoms with van der Waals surface area (Å²) in [4.78, 5) is 17.3. The Balaban J connectivity index is 1.73. The van der Waals surface area contributed by atoms with Gasteiger partial charge in [0, 0.05) is 35.8 Å². The first-order chi connectivity index (χ1) is 15.0. The number of nitrogens with zero attached hydrogens (tertiary/aromatic N) is 3. The fourth-order valence-electron chi connectivity index (χ4n) is 4.13. The van der Waals surface area contributed by atoms with Gasteiger partial charge in [-0.1, -0.05) is 25.1 Å². The number of benzene rings is 1. The van der Waals surface area contributed by atoms with Gasteiger partial charge in [0.05, 0.1) is 0 Å². The first-order valence-corrected chi connectivity index (χ1v) is 10.7. The molecule has 4 rings (SSSR count). The monoisotopic (exact) mass is 429 g/mol. The number of rotatable bonds is 3. The Labute approximate surface area is 186 Å². The molecular formula is C24H23N5OS. The number of fused-ring (bicyclic) bond motifs is 1. The zero-order chi connectivity index (χ0) is 22.0. The van der Waals surface area contributed by atoms with Crippen molar-refractivity contribution in [1.82, 2.24) is 14.9 Å². The standard InChI is InChI=1S/C24H23N5OS/c1-15-8-6-11-17-20(19-12-7-13-29(19)2)18(14-25)22(26-21(15)17)27-24(31)28-23(30)16-9-4-3-5-10-16/h3-5,7,9-10,12-13,15H,6,8,11H2,1-2H3,(H2,26,27,28,30,31)/t15-/m1/s1. The normalized spacial score (nSPS) is 14.9. The van der Waals surface area contributed by atoms with Gasteiger partial charge in [0.2, 0.25) is 0 Å². The number of hydrogen-bond acceptors (Lipinski definition) is 4. The van der Waals surface area contributed by atoms with Gasteiger partial charge < -0.3 is 9.88 Å². The Bertz CT molecular complexity index is 1190. The van der Waals surface area contributed by atoms with E-state index in [4.69, 9.17) is 17.2 Å². The second kappa shape index (κ2) is 8.70. The molecule has 0 fully saturated rings. The first-order valence-electron chi connectivity index (χ1n) is 10.3. The van der Waals surface area contributed by atoms with Crippen LogP contribution in [0.1, 0.15) is 52.9 Å². The summed E-state index contributed by atoms with van der Waals surface area (Å²) in [5.41, 5.74) is 4.91. The zero-order valence-corrected chi connectivity index (χ0v) is 18.3. The number of nitrogens with one attached hydrogen (secondary N) is 2. The molecule has 0 aliphatic heterocycles. The third-order valence-corrected chi connectivity index (χ3v) is 5.87. The number of anilines is 1. The molecule has 1 amide bonds. The maximum Gasteiger partial charge on any atom is 0.257 e. The van der Waals surface area contributed by atoms with Crippen LogP contribution < -0.4 is 10.6 Å². The Morgan fingerprint density at radius 3 is 2.71 bits per heavy atom. The van der Waals surface area contributed by atoms with Crippen LogP contribution in [0, 0.1) is 11.3 Å².